The zero-order chi connectivity index (χ0) is 14.7. The van der Waals surface area contributed by atoms with E-state index in [0.29, 0.717) is 34.5 Å². The van der Waals surface area contributed by atoms with Crippen molar-refractivity contribution < 1.29 is 9.53 Å². The van der Waals surface area contributed by atoms with Gasteiger partial charge in [0, 0.05) is 12.2 Å². The van der Waals surface area contributed by atoms with Crippen LogP contribution >= 0.6 is 11.6 Å². The Hall–Kier alpha value is -1.42. The molecule has 1 aliphatic rings. The monoisotopic (exact) mass is 296 g/mol. The highest BCUT2D eigenvalue weighted by molar-refractivity contribution is 6.34. The van der Waals surface area contributed by atoms with Crippen molar-refractivity contribution in [2.45, 2.75) is 26.7 Å². The molecule has 110 valence electrons. The van der Waals surface area contributed by atoms with Crippen molar-refractivity contribution in [1.29, 1.82) is 0 Å². The van der Waals surface area contributed by atoms with Gasteiger partial charge in [-0.05, 0) is 43.7 Å². The first-order chi connectivity index (χ1) is 9.52. The van der Waals surface area contributed by atoms with Crippen molar-refractivity contribution in [3.8, 4) is 0 Å². The van der Waals surface area contributed by atoms with Crippen molar-refractivity contribution in [1.82, 2.24) is 0 Å². The molecule has 1 aromatic carbocycles. The molecular weight excluding hydrogens is 276 g/mol. The van der Waals surface area contributed by atoms with E-state index in [9.17, 15) is 4.79 Å². The number of rotatable bonds is 6. The lowest BCUT2D eigenvalue weighted by molar-refractivity contribution is 0.0527. The van der Waals surface area contributed by atoms with Gasteiger partial charge in [0.05, 0.1) is 22.9 Å². The maximum atomic E-state index is 12.0. The van der Waals surface area contributed by atoms with Crippen LogP contribution < -0.4 is 11.1 Å². The Balaban J connectivity index is 2.17. The summed E-state index contributed by atoms with van der Waals surface area (Å²) in [6, 6.07) is 3.25. The van der Waals surface area contributed by atoms with Crippen LogP contribution in [0.1, 0.15) is 37.0 Å². The number of hydrogen-bond acceptors (Lipinski definition) is 4. The van der Waals surface area contributed by atoms with Crippen LogP contribution in [0.4, 0.5) is 11.4 Å². The van der Waals surface area contributed by atoms with E-state index in [2.05, 4.69) is 12.2 Å². The molecule has 0 bridgehead atoms. The van der Waals surface area contributed by atoms with Gasteiger partial charge in [-0.25, -0.2) is 4.79 Å². The maximum absolute atomic E-state index is 12.0. The van der Waals surface area contributed by atoms with Crippen LogP contribution in [0.25, 0.3) is 0 Å². The number of esters is 1. The number of nitrogens with one attached hydrogen (secondary N) is 1. The van der Waals surface area contributed by atoms with Crippen LogP contribution in [0.5, 0.6) is 0 Å². The van der Waals surface area contributed by atoms with Gasteiger partial charge in [0.2, 0.25) is 0 Å². The summed E-state index contributed by atoms with van der Waals surface area (Å²) in [6.07, 6.45) is 2.59. The Morgan fingerprint density at radius 1 is 1.55 bits per heavy atom. The molecule has 1 unspecified atom stereocenters. The van der Waals surface area contributed by atoms with E-state index in [1.807, 2.05) is 0 Å². The number of halogens is 1. The van der Waals surface area contributed by atoms with Gasteiger partial charge < -0.3 is 15.8 Å². The molecule has 0 aromatic heterocycles. The Labute approximate surface area is 124 Å². The minimum Gasteiger partial charge on any atom is -0.462 e. The molecule has 1 atom stereocenters. The van der Waals surface area contributed by atoms with Crippen molar-refractivity contribution >= 4 is 28.9 Å². The first kappa shape index (κ1) is 15.0. The van der Waals surface area contributed by atoms with Gasteiger partial charge in [0.25, 0.3) is 0 Å². The van der Waals surface area contributed by atoms with Crippen LogP contribution in [0, 0.1) is 11.8 Å². The molecule has 1 aliphatic carbocycles. The third-order valence-corrected chi connectivity index (χ3v) is 3.93. The topological polar surface area (TPSA) is 64.3 Å². The number of benzene rings is 1. The average Bonchev–Trinajstić information content (AvgIpc) is 3.21. The molecule has 1 aromatic rings. The normalized spacial score (nSPS) is 15.8. The quantitative estimate of drug-likeness (QED) is 0.622. The molecule has 0 aliphatic heterocycles. The predicted molar refractivity (Wildman–Crippen MR) is 82.2 cm³/mol. The highest BCUT2D eigenvalue weighted by Crippen LogP contribution is 2.37. The van der Waals surface area contributed by atoms with Crippen LogP contribution in [-0.2, 0) is 4.74 Å². The standard InChI is InChI=1S/C15H21ClN2O2/c1-3-20-15(19)12-6-11(17)7-13(16)14(12)18-8-9(2)10-4-5-10/h6-7,9-10,18H,3-5,8,17H2,1-2H3. The Morgan fingerprint density at radius 3 is 2.85 bits per heavy atom. The summed E-state index contributed by atoms with van der Waals surface area (Å²) in [5.74, 6) is 0.961. The van der Waals surface area contributed by atoms with E-state index in [0.717, 1.165) is 12.5 Å². The second-order valence-electron chi connectivity index (χ2n) is 5.34. The summed E-state index contributed by atoms with van der Waals surface area (Å²) >= 11 is 6.21. The Bertz CT molecular complexity index is 501. The average molecular weight is 297 g/mol. The Kier molecular flexibility index (Phi) is 4.76. The van der Waals surface area contributed by atoms with Gasteiger partial charge in [0.15, 0.2) is 0 Å². The van der Waals surface area contributed by atoms with Crippen LogP contribution in [-0.4, -0.2) is 19.1 Å². The molecule has 20 heavy (non-hydrogen) atoms. The van der Waals surface area contributed by atoms with Crippen LogP contribution in [0.3, 0.4) is 0 Å². The second-order valence-corrected chi connectivity index (χ2v) is 5.75. The van der Waals surface area contributed by atoms with Crippen LogP contribution in [0.2, 0.25) is 5.02 Å². The summed E-state index contributed by atoms with van der Waals surface area (Å²) in [5, 5.41) is 3.74. The van der Waals surface area contributed by atoms with E-state index < -0.39 is 5.97 Å². The van der Waals surface area contributed by atoms with Gasteiger partial charge in [-0.15, -0.1) is 0 Å². The molecule has 0 heterocycles. The fourth-order valence-electron chi connectivity index (χ4n) is 2.27. The highest BCUT2D eigenvalue weighted by Gasteiger charge is 2.28. The first-order valence-electron chi connectivity index (χ1n) is 7.03. The zero-order valence-corrected chi connectivity index (χ0v) is 12.7. The molecule has 0 amide bonds. The number of ether oxygens (including phenoxy) is 1. The molecule has 4 nitrogen and oxygen atoms in total. The van der Waals surface area contributed by atoms with Crippen LogP contribution in [0.15, 0.2) is 12.1 Å². The third kappa shape index (κ3) is 3.57. The summed E-state index contributed by atoms with van der Waals surface area (Å²) in [4.78, 5) is 12.0. The number of anilines is 2. The number of hydrogen-bond donors (Lipinski definition) is 2. The van der Waals surface area contributed by atoms with Gasteiger partial charge in [-0.3, -0.25) is 0 Å². The number of carbonyl (C=O) groups excluding carboxylic acids is 1. The molecule has 1 saturated carbocycles. The van der Waals surface area contributed by atoms with E-state index in [4.69, 9.17) is 22.1 Å². The second kappa shape index (κ2) is 6.35. The van der Waals surface area contributed by atoms with Crippen molar-refractivity contribution in [3.05, 3.63) is 22.7 Å². The summed E-state index contributed by atoms with van der Waals surface area (Å²) < 4.78 is 5.05. The first-order valence-corrected chi connectivity index (χ1v) is 7.40. The predicted octanol–water partition coefficient (Wildman–Crippen LogP) is 3.56. The fourth-order valence-corrected chi connectivity index (χ4v) is 2.57. The smallest absolute Gasteiger partial charge is 0.340 e. The SMILES string of the molecule is CCOC(=O)c1cc(N)cc(Cl)c1NCC(C)C1CC1. The molecule has 1 fully saturated rings. The molecule has 5 heteroatoms. The summed E-state index contributed by atoms with van der Waals surface area (Å²) in [5.41, 5.74) is 7.23. The van der Waals surface area contributed by atoms with E-state index in [-0.39, 0.29) is 0 Å². The van der Waals surface area contributed by atoms with Gasteiger partial charge in [-0.2, -0.15) is 0 Å². The number of carbonyl (C=O) groups is 1. The largest absolute Gasteiger partial charge is 0.462 e. The molecule has 2 rings (SSSR count). The molecule has 0 spiro atoms. The molecule has 0 radical (unpaired) electrons. The van der Waals surface area contributed by atoms with E-state index in [1.54, 1.807) is 19.1 Å². The number of nitrogen functional groups attached to an aromatic ring is 1. The van der Waals surface area contributed by atoms with Crippen molar-refractivity contribution in [3.63, 3.8) is 0 Å². The van der Waals surface area contributed by atoms with E-state index in [1.165, 1.54) is 12.8 Å². The highest BCUT2D eigenvalue weighted by atomic mass is 35.5. The number of nitrogens with two attached hydrogens (primary N) is 1. The van der Waals surface area contributed by atoms with Crippen molar-refractivity contribution in [2.75, 3.05) is 24.2 Å². The van der Waals surface area contributed by atoms with Crippen molar-refractivity contribution in [2.24, 2.45) is 11.8 Å². The van der Waals surface area contributed by atoms with Gasteiger partial charge in [0.1, 0.15) is 0 Å². The zero-order valence-electron chi connectivity index (χ0n) is 11.9. The third-order valence-electron chi connectivity index (χ3n) is 3.64. The minimum atomic E-state index is -0.400. The summed E-state index contributed by atoms with van der Waals surface area (Å²) in [6.45, 7) is 5.10. The summed E-state index contributed by atoms with van der Waals surface area (Å²) in [7, 11) is 0. The fraction of sp³-hybridized carbons (Fsp3) is 0.533. The lowest BCUT2D eigenvalue weighted by Crippen LogP contribution is -2.16. The molecule has 3 N–H and O–H groups in total. The maximum Gasteiger partial charge on any atom is 0.340 e. The van der Waals surface area contributed by atoms with E-state index >= 15 is 0 Å². The minimum absolute atomic E-state index is 0.323. The van der Waals surface area contributed by atoms with Gasteiger partial charge in [-0.1, -0.05) is 18.5 Å². The van der Waals surface area contributed by atoms with Gasteiger partial charge >= 0.3 is 5.97 Å². The lowest BCUT2D eigenvalue weighted by Gasteiger charge is -2.17. The molecule has 0 saturated heterocycles. The molecular formula is C15H21ClN2O2. The Morgan fingerprint density at radius 2 is 2.25 bits per heavy atom. The lowest BCUT2D eigenvalue weighted by atomic mass is 10.1.